The van der Waals surface area contributed by atoms with Crippen LogP contribution in [0.4, 0.5) is 4.39 Å². The van der Waals surface area contributed by atoms with Crippen molar-refractivity contribution in [3.63, 3.8) is 0 Å². The predicted octanol–water partition coefficient (Wildman–Crippen LogP) is 1.62. The van der Waals surface area contributed by atoms with Gasteiger partial charge in [-0.1, -0.05) is 0 Å². The fraction of sp³-hybridized carbons (Fsp3) is 0.909. The van der Waals surface area contributed by atoms with Crippen molar-refractivity contribution in [3.8, 4) is 0 Å². The van der Waals surface area contributed by atoms with E-state index in [1.54, 1.807) is 27.7 Å². The molecular formula is C11H20FNO2. The van der Waals surface area contributed by atoms with Crippen molar-refractivity contribution in [2.75, 3.05) is 20.1 Å². The molecule has 0 aromatic heterocycles. The first-order valence-electron chi connectivity index (χ1n) is 5.21. The van der Waals surface area contributed by atoms with Crippen molar-refractivity contribution in [1.29, 1.82) is 0 Å². The van der Waals surface area contributed by atoms with Crippen molar-refractivity contribution in [2.45, 2.75) is 39.5 Å². The number of carbonyl (C=O) groups is 1. The Labute approximate surface area is 90.6 Å². The van der Waals surface area contributed by atoms with E-state index < -0.39 is 23.2 Å². The van der Waals surface area contributed by atoms with Gasteiger partial charge in [0.2, 0.25) is 0 Å². The Bertz CT molecular complexity index is 262. The summed E-state index contributed by atoms with van der Waals surface area (Å²) in [5, 5.41) is 0. The van der Waals surface area contributed by atoms with Crippen molar-refractivity contribution in [1.82, 2.24) is 4.90 Å². The predicted molar refractivity (Wildman–Crippen MR) is 56.3 cm³/mol. The van der Waals surface area contributed by atoms with Crippen LogP contribution in [0.25, 0.3) is 0 Å². The number of carbonyl (C=O) groups excluding carboxylic acids is 1. The summed E-state index contributed by atoms with van der Waals surface area (Å²) in [4.78, 5) is 13.7. The SMILES string of the molecule is CN1CC(F)[C@](C)(C(=O)OC(C)(C)C)C1. The maximum Gasteiger partial charge on any atom is 0.316 e. The van der Waals surface area contributed by atoms with Crippen LogP contribution >= 0.6 is 0 Å². The Kier molecular flexibility index (Phi) is 3.10. The minimum absolute atomic E-state index is 0.301. The van der Waals surface area contributed by atoms with E-state index in [1.807, 2.05) is 11.9 Å². The van der Waals surface area contributed by atoms with Crippen LogP contribution in [0.2, 0.25) is 0 Å². The van der Waals surface area contributed by atoms with Crippen molar-refractivity contribution in [2.24, 2.45) is 5.41 Å². The number of halogens is 1. The van der Waals surface area contributed by atoms with E-state index in [0.717, 1.165) is 0 Å². The molecule has 88 valence electrons. The number of rotatable bonds is 1. The number of likely N-dealkylation sites (tertiary alicyclic amines) is 1. The minimum atomic E-state index is -1.14. The van der Waals surface area contributed by atoms with Crippen LogP contribution in [0.15, 0.2) is 0 Å². The Morgan fingerprint density at radius 3 is 2.40 bits per heavy atom. The average Bonchev–Trinajstić information content (AvgIpc) is 2.23. The third-order valence-corrected chi connectivity index (χ3v) is 2.63. The maximum absolute atomic E-state index is 13.7. The zero-order valence-electron chi connectivity index (χ0n) is 10.1. The summed E-state index contributed by atoms with van der Waals surface area (Å²) in [7, 11) is 1.81. The first kappa shape index (κ1) is 12.4. The van der Waals surface area contributed by atoms with Gasteiger partial charge in [-0.3, -0.25) is 4.79 Å². The summed E-state index contributed by atoms with van der Waals surface area (Å²) in [6.45, 7) is 7.73. The van der Waals surface area contributed by atoms with Gasteiger partial charge in [-0.2, -0.15) is 0 Å². The van der Waals surface area contributed by atoms with Gasteiger partial charge in [0.15, 0.2) is 0 Å². The Balaban J connectivity index is 2.74. The van der Waals surface area contributed by atoms with Crippen molar-refractivity contribution in [3.05, 3.63) is 0 Å². The molecule has 2 atom stereocenters. The number of hydrogen-bond donors (Lipinski definition) is 0. The van der Waals surface area contributed by atoms with Crippen LogP contribution in [0.1, 0.15) is 27.7 Å². The fourth-order valence-corrected chi connectivity index (χ4v) is 1.79. The van der Waals surface area contributed by atoms with E-state index in [0.29, 0.717) is 13.1 Å². The van der Waals surface area contributed by atoms with Crippen LogP contribution in [-0.2, 0) is 9.53 Å². The number of ether oxygens (including phenoxy) is 1. The van der Waals surface area contributed by atoms with Crippen LogP contribution in [0.5, 0.6) is 0 Å². The van der Waals surface area contributed by atoms with E-state index in [-0.39, 0.29) is 0 Å². The van der Waals surface area contributed by atoms with Gasteiger partial charge in [0, 0.05) is 13.1 Å². The quantitative estimate of drug-likeness (QED) is 0.625. The number of hydrogen-bond acceptors (Lipinski definition) is 3. The van der Waals surface area contributed by atoms with Crippen LogP contribution in [-0.4, -0.2) is 42.8 Å². The molecule has 0 aromatic rings. The Morgan fingerprint density at radius 2 is 2.07 bits per heavy atom. The van der Waals surface area contributed by atoms with Gasteiger partial charge < -0.3 is 9.64 Å². The van der Waals surface area contributed by atoms with Gasteiger partial charge in [0.25, 0.3) is 0 Å². The standard InChI is InChI=1S/C11H20FNO2/c1-10(2,3)15-9(14)11(4)7-13(5)6-8(11)12/h8H,6-7H2,1-5H3/t8?,11-/m1/s1. The summed E-state index contributed by atoms with van der Waals surface area (Å²) in [5.74, 6) is -0.438. The van der Waals surface area contributed by atoms with Gasteiger partial charge in [-0.05, 0) is 34.7 Å². The molecule has 0 saturated carbocycles. The molecule has 0 amide bonds. The van der Waals surface area contributed by atoms with Gasteiger partial charge in [0.1, 0.15) is 17.2 Å². The molecule has 1 aliphatic heterocycles. The smallest absolute Gasteiger partial charge is 0.316 e. The van der Waals surface area contributed by atoms with E-state index in [9.17, 15) is 9.18 Å². The monoisotopic (exact) mass is 217 g/mol. The number of esters is 1. The Hall–Kier alpha value is -0.640. The molecule has 0 aromatic carbocycles. The fourth-order valence-electron chi connectivity index (χ4n) is 1.79. The second-order valence-corrected chi connectivity index (χ2v) is 5.58. The zero-order chi connectivity index (χ0) is 11.9. The molecule has 1 rings (SSSR count). The summed E-state index contributed by atoms with van der Waals surface area (Å²) < 4.78 is 18.9. The van der Waals surface area contributed by atoms with Crippen LogP contribution < -0.4 is 0 Å². The van der Waals surface area contributed by atoms with Crippen LogP contribution in [0, 0.1) is 5.41 Å². The topological polar surface area (TPSA) is 29.5 Å². The molecule has 15 heavy (non-hydrogen) atoms. The molecule has 0 spiro atoms. The molecule has 1 fully saturated rings. The lowest BCUT2D eigenvalue weighted by molar-refractivity contribution is -0.168. The molecule has 0 N–H and O–H groups in total. The van der Waals surface area contributed by atoms with E-state index in [2.05, 4.69) is 0 Å². The van der Waals surface area contributed by atoms with Crippen LogP contribution in [0.3, 0.4) is 0 Å². The summed E-state index contributed by atoms with van der Waals surface area (Å²) in [6.07, 6.45) is -1.14. The highest BCUT2D eigenvalue weighted by Gasteiger charge is 2.50. The molecule has 1 unspecified atom stereocenters. The van der Waals surface area contributed by atoms with Gasteiger partial charge in [-0.25, -0.2) is 4.39 Å². The molecule has 0 aliphatic carbocycles. The van der Waals surface area contributed by atoms with Gasteiger partial charge >= 0.3 is 5.97 Å². The molecule has 0 bridgehead atoms. The molecule has 4 heteroatoms. The zero-order valence-corrected chi connectivity index (χ0v) is 10.1. The second kappa shape index (κ2) is 3.74. The highest BCUT2D eigenvalue weighted by atomic mass is 19.1. The first-order valence-corrected chi connectivity index (χ1v) is 5.21. The average molecular weight is 217 g/mol. The summed E-state index contributed by atoms with van der Waals surface area (Å²) in [6, 6.07) is 0. The lowest BCUT2D eigenvalue weighted by Gasteiger charge is -2.29. The molecule has 1 aliphatic rings. The van der Waals surface area contributed by atoms with E-state index in [1.165, 1.54) is 0 Å². The first-order chi connectivity index (χ1) is 6.65. The highest BCUT2D eigenvalue weighted by molar-refractivity contribution is 5.78. The Morgan fingerprint density at radius 1 is 1.53 bits per heavy atom. The third kappa shape index (κ3) is 2.68. The van der Waals surface area contributed by atoms with Gasteiger partial charge in [-0.15, -0.1) is 0 Å². The van der Waals surface area contributed by atoms with Gasteiger partial charge in [0.05, 0.1) is 0 Å². The molecule has 3 nitrogen and oxygen atoms in total. The minimum Gasteiger partial charge on any atom is -0.459 e. The van der Waals surface area contributed by atoms with E-state index >= 15 is 0 Å². The molecule has 1 heterocycles. The highest BCUT2D eigenvalue weighted by Crippen LogP contribution is 2.34. The second-order valence-electron chi connectivity index (χ2n) is 5.58. The number of alkyl halides is 1. The molecular weight excluding hydrogens is 197 g/mol. The maximum atomic E-state index is 13.7. The molecule has 1 saturated heterocycles. The molecule has 0 radical (unpaired) electrons. The lowest BCUT2D eigenvalue weighted by atomic mass is 9.88. The van der Waals surface area contributed by atoms with Crippen molar-refractivity contribution >= 4 is 5.97 Å². The summed E-state index contributed by atoms with van der Waals surface area (Å²) in [5.41, 5.74) is -1.57. The number of nitrogens with zero attached hydrogens (tertiary/aromatic N) is 1. The summed E-state index contributed by atoms with van der Waals surface area (Å²) >= 11 is 0. The third-order valence-electron chi connectivity index (χ3n) is 2.63. The normalized spacial score (nSPS) is 33.1. The lowest BCUT2D eigenvalue weighted by Crippen LogP contribution is -2.42. The van der Waals surface area contributed by atoms with Crippen molar-refractivity contribution < 1.29 is 13.9 Å². The van der Waals surface area contributed by atoms with E-state index in [4.69, 9.17) is 4.74 Å². The largest absolute Gasteiger partial charge is 0.459 e.